The van der Waals surface area contributed by atoms with E-state index in [-0.39, 0.29) is 61.1 Å². The zero-order chi connectivity index (χ0) is 59.6. The van der Waals surface area contributed by atoms with E-state index in [4.69, 9.17) is 17.3 Å². The molecule has 0 unspecified atom stereocenters. The van der Waals surface area contributed by atoms with E-state index in [2.05, 4.69) is 45.7 Å². The van der Waals surface area contributed by atoms with E-state index in [0.717, 1.165) is 27.8 Å². The molecule has 0 fully saturated rings. The zero-order valence-corrected chi connectivity index (χ0v) is 43.0. The molecule has 0 bridgehead atoms. The summed E-state index contributed by atoms with van der Waals surface area (Å²) in [6.07, 6.45) is -0.639. The SMILES string of the molecule is [2H]c1nc(-c2[c-]c(-c3cccc4c3nc(-c3cc(C(C)(C)C)cc(C(C)(C)C)c3O)n4-c3ccc(-c4c(C(C)C)cccc4C([2H])(C)C)cc3C([2H])([2H])[2H])cc(C(C)(C)C)c2)c([2H])c(-c2c([2H])c([2H])c(C([2H])([2H])[2H])c([2H])c2[2H])c1[2H].[Pt]. The van der Waals surface area contributed by atoms with Crippen molar-refractivity contribution in [3.05, 3.63) is 166 Å². The van der Waals surface area contributed by atoms with Crippen molar-refractivity contribution < 1.29 is 45.4 Å². The molecule has 67 heavy (non-hydrogen) atoms. The molecular weight excluding hydrogens is 998 g/mol. The van der Waals surface area contributed by atoms with Crippen LogP contribution in [0.1, 0.15) is 160 Å². The van der Waals surface area contributed by atoms with Crippen LogP contribution in [0.5, 0.6) is 5.75 Å². The quantitative estimate of drug-likeness (QED) is 0.154. The molecule has 4 nitrogen and oxygen atoms in total. The first-order chi connectivity index (χ1) is 36.7. The van der Waals surface area contributed by atoms with Crippen LogP contribution in [-0.4, -0.2) is 19.6 Å². The number of aromatic nitrogens is 3. The van der Waals surface area contributed by atoms with Gasteiger partial charge in [-0.3, -0.25) is 9.55 Å². The van der Waals surface area contributed by atoms with Gasteiger partial charge in [0.25, 0.3) is 0 Å². The topological polar surface area (TPSA) is 50.9 Å². The van der Waals surface area contributed by atoms with Gasteiger partial charge >= 0.3 is 0 Å². The number of phenolic OH excluding ortho intramolecular Hbond substituents is 1. The molecule has 0 radical (unpaired) electrons. The number of para-hydroxylation sites is 1. The molecule has 0 saturated heterocycles. The van der Waals surface area contributed by atoms with Crippen LogP contribution in [0.3, 0.4) is 0 Å². The number of aryl methyl sites for hydroxylation is 1. The molecule has 0 spiro atoms. The maximum absolute atomic E-state index is 12.6. The predicted octanol–water partition coefficient (Wildman–Crippen LogP) is 17.0. The van der Waals surface area contributed by atoms with Gasteiger partial charge in [-0.2, -0.15) is 0 Å². The average Bonchev–Trinajstić information content (AvgIpc) is 3.83. The van der Waals surface area contributed by atoms with Gasteiger partial charge in [0.05, 0.1) is 31.9 Å². The van der Waals surface area contributed by atoms with Gasteiger partial charge in [-0.05, 0) is 117 Å². The molecule has 0 aliphatic heterocycles. The van der Waals surface area contributed by atoms with Gasteiger partial charge in [0, 0.05) is 48.1 Å². The van der Waals surface area contributed by atoms with Crippen molar-refractivity contribution in [1.29, 1.82) is 0 Å². The van der Waals surface area contributed by atoms with E-state index in [1.807, 2.05) is 116 Å². The number of hydrogen-bond acceptors (Lipinski definition) is 3. The van der Waals surface area contributed by atoms with E-state index in [1.165, 1.54) is 0 Å². The Morgan fingerprint density at radius 2 is 1.36 bits per heavy atom. The summed E-state index contributed by atoms with van der Waals surface area (Å²) in [7, 11) is 0. The summed E-state index contributed by atoms with van der Waals surface area (Å²) in [6.45, 7) is 20.3. The van der Waals surface area contributed by atoms with Crippen molar-refractivity contribution in [3.63, 3.8) is 0 Å². The Morgan fingerprint density at radius 3 is 2.00 bits per heavy atom. The van der Waals surface area contributed by atoms with E-state index < -0.39 is 95.0 Å². The molecule has 1 N–H and O–H groups in total. The third-order valence-electron chi connectivity index (χ3n) is 12.2. The Balaban J connectivity index is 0.00000946. The van der Waals surface area contributed by atoms with Gasteiger partial charge in [-0.25, -0.2) is 4.98 Å². The van der Waals surface area contributed by atoms with E-state index >= 15 is 0 Å². The molecule has 0 atom stereocenters. The van der Waals surface area contributed by atoms with E-state index in [0.29, 0.717) is 38.9 Å². The van der Waals surface area contributed by atoms with Gasteiger partial charge in [-0.1, -0.05) is 179 Å². The largest absolute Gasteiger partial charge is 0.507 e. The van der Waals surface area contributed by atoms with Crippen molar-refractivity contribution in [2.75, 3.05) is 0 Å². The molecule has 2 aromatic heterocycles. The maximum atomic E-state index is 12.6. The average molecular weight is 1080 g/mol. The second kappa shape index (κ2) is 18.5. The molecule has 5 heteroatoms. The number of rotatable bonds is 8. The maximum Gasteiger partial charge on any atom is 0.148 e. The number of benzene rings is 6. The number of fused-ring (bicyclic) bond motifs is 1. The summed E-state index contributed by atoms with van der Waals surface area (Å²) in [4.78, 5) is 9.84. The van der Waals surface area contributed by atoms with Crippen molar-refractivity contribution >= 4 is 11.0 Å². The molecule has 0 amide bonds. The third kappa shape index (κ3) is 9.75. The normalized spacial score (nSPS) is 15.9. The first-order valence-electron chi connectivity index (χ1n) is 29.5. The minimum absolute atomic E-state index is 0. The molecule has 8 aromatic rings. The molecule has 348 valence electrons. The van der Waals surface area contributed by atoms with E-state index in [1.54, 1.807) is 22.8 Å². The van der Waals surface area contributed by atoms with Crippen LogP contribution in [0.15, 0.2) is 121 Å². The number of pyridine rings is 1. The number of imidazole rings is 1. The molecule has 2 heterocycles. The van der Waals surface area contributed by atoms with Gasteiger partial charge in [0.1, 0.15) is 11.6 Å². The molecular formula is C62H68N3OPt-. The standard InChI is InChI=1S/C62H68N3O.Pt/c1-37(2)48-18-16-19-49(38(3)4)56(48)43-26-27-54(40(6)30-43)65-55-21-17-20-50(57(55)64-59(65)51-35-47(61(10,11)12)36-52(58(51)66)62(13,14)15)44-31-45(33-46(32-44)60(7,8)9)53-34-42(28-29-63-53)41-24-22-39(5)23-25-41;/h16-30,32-38,66H,1-15H3;/q-1;/i5D3,6D3,22D,23D,24D,25D,28D,29D,34D,37D;. The first-order valence-corrected chi connectivity index (χ1v) is 22.5. The minimum Gasteiger partial charge on any atom is -0.507 e. The van der Waals surface area contributed by atoms with Crippen LogP contribution < -0.4 is 0 Å². The minimum atomic E-state index is -3.01. The molecule has 6 aromatic carbocycles. The van der Waals surface area contributed by atoms with Crippen LogP contribution >= 0.6 is 0 Å². The van der Waals surface area contributed by atoms with Crippen molar-refractivity contribution in [1.82, 2.24) is 14.5 Å². The zero-order valence-electron chi connectivity index (χ0n) is 54.7. The summed E-state index contributed by atoms with van der Waals surface area (Å²) in [6, 6.07) is 23.2. The fourth-order valence-electron chi connectivity index (χ4n) is 8.51. The van der Waals surface area contributed by atoms with Crippen molar-refractivity contribution in [3.8, 4) is 67.5 Å². The molecule has 0 saturated carbocycles. The van der Waals surface area contributed by atoms with Gasteiger partial charge in [-0.15, -0.1) is 29.3 Å². The van der Waals surface area contributed by atoms with E-state index in [9.17, 15) is 12.0 Å². The second-order valence-electron chi connectivity index (χ2n) is 20.9. The molecule has 0 aliphatic rings. The number of aromatic hydroxyl groups is 1. The Morgan fingerprint density at radius 1 is 0.687 bits per heavy atom. The fraction of sp³-hybridized carbons (Fsp3) is 0.323. The number of hydrogen-bond donors (Lipinski definition) is 1. The third-order valence-corrected chi connectivity index (χ3v) is 12.2. The second-order valence-corrected chi connectivity index (χ2v) is 20.9. The van der Waals surface area contributed by atoms with Gasteiger partial charge < -0.3 is 5.11 Å². The smallest absolute Gasteiger partial charge is 0.148 e. The summed E-state index contributed by atoms with van der Waals surface area (Å²) in [5, 5.41) is 12.6. The summed E-state index contributed by atoms with van der Waals surface area (Å²) >= 11 is 0. The van der Waals surface area contributed by atoms with Crippen LogP contribution in [0, 0.1) is 19.8 Å². The Labute approximate surface area is 434 Å². The first kappa shape index (κ1) is 33.8. The summed E-state index contributed by atoms with van der Waals surface area (Å²) in [5.41, 5.74) is 4.54. The monoisotopic (exact) mass is 1080 g/mol. The van der Waals surface area contributed by atoms with Crippen LogP contribution in [0.25, 0.3) is 72.7 Å². The van der Waals surface area contributed by atoms with Crippen molar-refractivity contribution in [2.45, 2.75) is 132 Å². The molecule has 8 rings (SSSR count). The van der Waals surface area contributed by atoms with Gasteiger partial charge in [0.15, 0.2) is 0 Å². The fourth-order valence-corrected chi connectivity index (χ4v) is 8.51. The summed E-state index contributed by atoms with van der Waals surface area (Å²) in [5.74, 6) is -0.785. The van der Waals surface area contributed by atoms with Crippen molar-refractivity contribution in [2.24, 2.45) is 0 Å². The molecule has 0 aliphatic carbocycles. The Bertz CT molecular complexity index is 3780. The number of nitrogens with zero attached hydrogens (tertiary/aromatic N) is 3. The Hall–Kier alpha value is -5.57. The van der Waals surface area contributed by atoms with Crippen LogP contribution in [0.2, 0.25) is 0 Å². The number of phenols is 1. The van der Waals surface area contributed by atoms with Crippen LogP contribution in [0.4, 0.5) is 0 Å². The van der Waals surface area contributed by atoms with Gasteiger partial charge in [0.2, 0.25) is 0 Å². The van der Waals surface area contributed by atoms with Crippen LogP contribution in [-0.2, 0) is 37.3 Å². The summed E-state index contributed by atoms with van der Waals surface area (Å²) < 4.78 is 125. The predicted molar refractivity (Wildman–Crippen MR) is 280 cm³/mol. The Kier molecular flexibility index (Phi) is 9.34.